The number of methoxy groups -OCH3 is 1. The first-order valence-electron chi connectivity index (χ1n) is 10.6. The van der Waals surface area contributed by atoms with Crippen molar-refractivity contribution >= 4 is 11.9 Å². The van der Waals surface area contributed by atoms with Gasteiger partial charge in [0, 0.05) is 0 Å². The van der Waals surface area contributed by atoms with Gasteiger partial charge >= 0.3 is 11.9 Å². The summed E-state index contributed by atoms with van der Waals surface area (Å²) in [5.74, 6) is 0.0114. The second kappa shape index (κ2) is 13.2. The van der Waals surface area contributed by atoms with Crippen molar-refractivity contribution in [1.82, 2.24) is 0 Å². The Balaban J connectivity index is 2.54. The van der Waals surface area contributed by atoms with Crippen molar-refractivity contribution in [2.75, 3.05) is 13.7 Å². The Morgan fingerprint density at radius 2 is 1.32 bits per heavy atom. The Labute approximate surface area is 169 Å². The van der Waals surface area contributed by atoms with Gasteiger partial charge in [0.1, 0.15) is 11.5 Å². The molecular weight excluding hydrogens is 356 g/mol. The minimum Gasteiger partial charge on any atom is -0.497 e. The van der Waals surface area contributed by atoms with Crippen LogP contribution < -0.4 is 9.47 Å². The summed E-state index contributed by atoms with van der Waals surface area (Å²) in [4.78, 5) is 25.5. The predicted octanol–water partition coefficient (Wildman–Crippen LogP) is 5.70. The maximum atomic E-state index is 12.8. The van der Waals surface area contributed by atoms with Gasteiger partial charge in [0.25, 0.3) is 0 Å². The van der Waals surface area contributed by atoms with Gasteiger partial charge in [-0.3, -0.25) is 9.59 Å². The van der Waals surface area contributed by atoms with Gasteiger partial charge in [-0.15, -0.1) is 0 Å². The molecule has 0 N–H and O–H groups in total. The molecule has 0 unspecified atom stereocenters. The van der Waals surface area contributed by atoms with Crippen LogP contribution in [0.5, 0.6) is 11.5 Å². The molecule has 0 bridgehead atoms. The number of hydrogen-bond acceptors (Lipinski definition) is 5. The predicted molar refractivity (Wildman–Crippen MR) is 111 cm³/mol. The number of carbonyl (C=O) groups excluding carboxylic acids is 2. The highest BCUT2D eigenvalue weighted by Crippen LogP contribution is 2.31. The number of hydrogen-bond donors (Lipinski definition) is 0. The van der Waals surface area contributed by atoms with Gasteiger partial charge in [0.05, 0.1) is 13.7 Å². The standard InChI is InChI=1S/C23H36O5/c1-5-8-9-10-11-12-13-18-27-21(24)23(6-2,7-3)22(25)28-20-16-14-19(26-4)15-17-20/h14-17H,5-13,18H2,1-4H3. The van der Waals surface area contributed by atoms with Crippen molar-refractivity contribution in [3.8, 4) is 11.5 Å². The van der Waals surface area contributed by atoms with Crippen molar-refractivity contribution in [2.24, 2.45) is 5.41 Å². The Morgan fingerprint density at radius 3 is 1.86 bits per heavy atom. The fraction of sp³-hybridized carbons (Fsp3) is 0.652. The molecule has 0 aliphatic heterocycles. The minimum atomic E-state index is -1.26. The van der Waals surface area contributed by atoms with Crippen LogP contribution >= 0.6 is 0 Å². The van der Waals surface area contributed by atoms with Gasteiger partial charge in [0.15, 0.2) is 5.41 Å². The topological polar surface area (TPSA) is 61.8 Å². The lowest BCUT2D eigenvalue weighted by atomic mass is 9.82. The molecule has 0 spiro atoms. The lowest BCUT2D eigenvalue weighted by molar-refractivity contribution is -0.168. The van der Waals surface area contributed by atoms with E-state index in [1.165, 1.54) is 25.7 Å². The zero-order valence-corrected chi connectivity index (χ0v) is 17.9. The van der Waals surface area contributed by atoms with Crippen molar-refractivity contribution in [1.29, 1.82) is 0 Å². The molecule has 1 aromatic carbocycles. The molecule has 1 aromatic rings. The molecule has 0 saturated heterocycles. The lowest BCUT2D eigenvalue weighted by Gasteiger charge is -2.26. The van der Waals surface area contributed by atoms with E-state index >= 15 is 0 Å². The Hall–Kier alpha value is -2.04. The van der Waals surface area contributed by atoms with Crippen LogP contribution in [0.2, 0.25) is 0 Å². The molecule has 0 aromatic heterocycles. The Bertz CT molecular complexity index is 575. The zero-order valence-electron chi connectivity index (χ0n) is 17.9. The summed E-state index contributed by atoms with van der Waals surface area (Å²) in [5, 5.41) is 0. The second-order valence-electron chi connectivity index (χ2n) is 7.11. The third-order valence-electron chi connectivity index (χ3n) is 5.24. The quantitative estimate of drug-likeness (QED) is 0.176. The molecule has 0 fully saturated rings. The van der Waals surface area contributed by atoms with E-state index in [0.717, 1.165) is 19.3 Å². The van der Waals surface area contributed by atoms with E-state index in [2.05, 4.69) is 6.92 Å². The van der Waals surface area contributed by atoms with E-state index in [0.29, 0.717) is 30.9 Å². The smallest absolute Gasteiger partial charge is 0.328 e. The molecule has 0 aliphatic carbocycles. The van der Waals surface area contributed by atoms with Crippen molar-refractivity contribution < 1.29 is 23.8 Å². The van der Waals surface area contributed by atoms with E-state index in [9.17, 15) is 9.59 Å². The van der Waals surface area contributed by atoms with Gasteiger partial charge in [0.2, 0.25) is 0 Å². The molecule has 0 aliphatic rings. The number of ether oxygens (including phenoxy) is 3. The van der Waals surface area contributed by atoms with E-state index in [1.54, 1.807) is 31.4 Å². The third-order valence-corrected chi connectivity index (χ3v) is 5.24. The van der Waals surface area contributed by atoms with Crippen molar-refractivity contribution in [3.63, 3.8) is 0 Å². The molecule has 0 amide bonds. The highest BCUT2D eigenvalue weighted by molar-refractivity contribution is 6.00. The molecular formula is C23H36O5. The van der Waals surface area contributed by atoms with Crippen LogP contribution in [0.15, 0.2) is 24.3 Å². The normalized spacial score (nSPS) is 11.1. The SMILES string of the molecule is CCCCCCCCCOC(=O)C(CC)(CC)C(=O)Oc1ccc(OC)cc1. The molecule has 0 heterocycles. The minimum absolute atomic E-state index is 0.342. The average molecular weight is 393 g/mol. The first kappa shape index (κ1) is 24.0. The average Bonchev–Trinajstić information content (AvgIpc) is 2.72. The van der Waals surface area contributed by atoms with Crippen LogP contribution in [0.1, 0.15) is 78.6 Å². The molecule has 158 valence electrons. The number of esters is 2. The van der Waals surface area contributed by atoms with Gasteiger partial charge in [-0.2, -0.15) is 0 Å². The van der Waals surface area contributed by atoms with Gasteiger partial charge in [-0.05, 0) is 43.5 Å². The summed E-state index contributed by atoms with van der Waals surface area (Å²) in [6.45, 7) is 6.18. The highest BCUT2D eigenvalue weighted by Gasteiger charge is 2.46. The molecule has 5 heteroatoms. The molecule has 0 radical (unpaired) electrons. The summed E-state index contributed by atoms with van der Waals surface area (Å²) >= 11 is 0. The Morgan fingerprint density at radius 1 is 0.786 bits per heavy atom. The fourth-order valence-corrected chi connectivity index (χ4v) is 3.12. The number of unbranched alkanes of at least 4 members (excludes halogenated alkanes) is 6. The summed E-state index contributed by atoms with van der Waals surface area (Å²) < 4.78 is 16.0. The highest BCUT2D eigenvalue weighted by atomic mass is 16.6. The van der Waals surface area contributed by atoms with Crippen LogP contribution in [-0.4, -0.2) is 25.7 Å². The van der Waals surface area contributed by atoms with Crippen LogP contribution in [0.25, 0.3) is 0 Å². The van der Waals surface area contributed by atoms with Crippen LogP contribution in [0.4, 0.5) is 0 Å². The number of rotatable bonds is 14. The van der Waals surface area contributed by atoms with E-state index in [1.807, 2.05) is 13.8 Å². The fourth-order valence-electron chi connectivity index (χ4n) is 3.12. The summed E-state index contributed by atoms with van der Waals surface area (Å²) in [6, 6.07) is 6.72. The molecule has 0 saturated carbocycles. The third kappa shape index (κ3) is 7.17. The van der Waals surface area contributed by atoms with Crippen LogP contribution in [0, 0.1) is 5.41 Å². The van der Waals surface area contributed by atoms with Crippen LogP contribution in [-0.2, 0) is 14.3 Å². The maximum Gasteiger partial charge on any atom is 0.328 e. The maximum absolute atomic E-state index is 12.8. The number of benzene rings is 1. The molecule has 28 heavy (non-hydrogen) atoms. The Kier molecular flexibility index (Phi) is 11.3. The molecule has 5 nitrogen and oxygen atoms in total. The van der Waals surface area contributed by atoms with E-state index < -0.39 is 17.4 Å². The lowest BCUT2D eigenvalue weighted by Crippen LogP contribution is -2.42. The first-order valence-corrected chi connectivity index (χ1v) is 10.6. The number of carbonyl (C=O) groups is 2. The van der Waals surface area contributed by atoms with E-state index in [4.69, 9.17) is 14.2 Å². The van der Waals surface area contributed by atoms with Crippen LogP contribution in [0.3, 0.4) is 0 Å². The van der Waals surface area contributed by atoms with Gasteiger partial charge < -0.3 is 14.2 Å². The largest absolute Gasteiger partial charge is 0.497 e. The van der Waals surface area contributed by atoms with Crippen molar-refractivity contribution in [3.05, 3.63) is 24.3 Å². The second-order valence-corrected chi connectivity index (χ2v) is 7.11. The van der Waals surface area contributed by atoms with Crippen molar-refractivity contribution in [2.45, 2.75) is 78.6 Å². The molecule has 1 rings (SSSR count). The van der Waals surface area contributed by atoms with E-state index in [-0.39, 0.29) is 0 Å². The zero-order chi connectivity index (χ0) is 20.8. The monoisotopic (exact) mass is 392 g/mol. The van der Waals surface area contributed by atoms with Gasteiger partial charge in [-0.1, -0.05) is 59.3 Å². The van der Waals surface area contributed by atoms with Gasteiger partial charge in [-0.25, -0.2) is 0 Å². The summed E-state index contributed by atoms with van der Waals surface area (Å²) in [7, 11) is 1.57. The molecule has 0 atom stereocenters. The summed E-state index contributed by atoms with van der Waals surface area (Å²) in [5.41, 5.74) is -1.26. The summed E-state index contributed by atoms with van der Waals surface area (Å²) in [6.07, 6.45) is 8.72. The first-order chi connectivity index (χ1) is 13.5.